The smallest absolute Gasteiger partial charge is 0.269 e. The van der Waals surface area contributed by atoms with Crippen LogP contribution >= 0.6 is 0 Å². The van der Waals surface area contributed by atoms with Crippen LogP contribution in [-0.2, 0) is 17.9 Å². The zero-order valence-corrected chi connectivity index (χ0v) is 14.7. The molecule has 0 saturated carbocycles. The third-order valence-corrected chi connectivity index (χ3v) is 3.83. The van der Waals surface area contributed by atoms with Gasteiger partial charge in [0.1, 0.15) is 23.0 Å². The molecular weight excluding hydrogens is 352 g/mol. The van der Waals surface area contributed by atoms with E-state index in [0.717, 1.165) is 5.76 Å². The molecule has 0 bridgehead atoms. The lowest BCUT2D eigenvalue weighted by Gasteiger charge is -2.20. The van der Waals surface area contributed by atoms with E-state index >= 15 is 0 Å². The molecule has 140 valence electrons. The summed E-state index contributed by atoms with van der Waals surface area (Å²) in [4.78, 5) is 24.4. The van der Waals surface area contributed by atoms with Gasteiger partial charge in [-0.05, 0) is 43.3 Å². The Labute approximate surface area is 155 Å². The molecule has 0 saturated heterocycles. The third kappa shape index (κ3) is 4.97. The number of aryl methyl sites for hydroxylation is 1. The van der Waals surface area contributed by atoms with E-state index < -0.39 is 4.92 Å². The number of hydrogen-bond donors (Lipinski definition) is 0. The molecule has 3 aromatic rings. The third-order valence-electron chi connectivity index (χ3n) is 3.83. The summed E-state index contributed by atoms with van der Waals surface area (Å²) >= 11 is 0. The second-order valence-electron chi connectivity index (χ2n) is 5.88. The number of nitrogens with zero attached hydrogens (tertiary/aromatic N) is 2. The first-order valence-electron chi connectivity index (χ1n) is 8.24. The average Bonchev–Trinajstić information content (AvgIpc) is 3.31. The summed E-state index contributed by atoms with van der Waals surface area (Å²) in [5.74, 6) is 2.17. The van der Waals surface area contributed by atoms with Crippen LogP contribution in [0.5, 0.6) is 5.75 Å². The molecule has 2 heterocycles. The zero-order chi connectivity index (χ0) is 19.2. The number of rotatable bonds is 8. The fourth-order valence-corrected chi connectivity index (χ4v) is 2.48. The summed E-state index contributed by atoms with van der Waals surface area (Å²) < 4.78 is 16.3. The highest BCUT2D eigenvalue weighted by atomic mass is 16.6. The van der Waals surface area contributed by atoms with Gasteiger partial charge in [-0.25, -0.2) is 0 Å². The van der Waals surface area contributed by atoms with Gasteiger partial charge in [0.15, 0.2) is 6.61 Å². The van der Waals surface area contributed by atoms with Crippen molar-refractivity contribution in [2.24, 2.45) is 0 Å². The minimum absolute atomic E-state index is 0.0405. The van der Waals surface area contributed by atoms with Crippen LogP contribution in [0.15, 0.2) is 63.6 Å². The number of ether oxygens (including phenoxy) is 1. The average molecular weight is 370 g/mol. The summed E-state index contributed by atoms with van der Waals surface area (Å²) in [6.45, 7) is 2.17. The van der Waals surface area contributed by atoms with Gasteiger partial charge in [-0.1, -0.05) is 0 Å². The number of hydrogen-bond acceptors (Lipinski definition) is 6. The minimum Gasteiger partial charge on any atom is -0.484 e. The van der Waals surface area contributed by atoms with Crippen molar-refractivity contribution >= 4 is 11.6 Å². The molecule has 0 N–H and O–H groups in total. The van der Waals surface area contributed by atoms with Crippen molar-refractivity contribution in [2.75, 3.05) is 6.61 Å². The monoisotopic (exact) mass is 370 g/mol. The summed E-state index contributed by atoms with van der Waals surface area (Å²) in [6.07, 6.45) is 1.54. The van der Waals surface area contributed by atoms with Crippen LogP contribution in [0, 0.1) is 17.0 Å². The highest BCUT2D eigenvalue weighted by Crippen LogP contribution is 2.18. The molecule has 1 amide bonds. The van der Waals surface area contributed by atoms with Gasteiger partial charge in [0.05, 0.1) is 24.3 Å². The molecule has 8 nitrogen and oxygen atoms in total. The van der Waals surface area contributed by atoms with Crippen molar-refractivity contribution in [2.45, 2.75) is 20.0 Å². The number of non-ortho nitro benzene ring substituents is 1. The predicted molar refractivity (Wildman–Crippen MR) is 95.0 cm³/mol. The molecule has 0 fully saturated rings. The molecule has 2 aromatic heterocycles. The van der Waals surface area contributed by atoms with Crippen LogP contribution in [0.3, 0.4) is 0 Å². The summed E-state index contributed by atoms with van der Waals surface area (Å²) in [5, 5.41) is 10.7. The number of carbonyl (C=O) groups is 1. The topological polar surface area (TPSA) is 99.0 Å². The van der Waals surface area contributed by atoms with E-state index in [0.29, 0.717) is 17.3 Å². The van der Waals surface area contributed by atoms with Crippen molar-refractivity contribution in [1.29, 1.82) is 0 Å². The van der Waals surface area contributed by atoms with Gasteiger partial charge in [-0.2, -0.15) is 0 Å². The molecular formula is C19H18N2O6. The van der Waals surface area contributed by atoms with Gasteiger partial charge in [-0.15, -0.1) is 0 Å². The molecule has 3 rings (SSSR count). The molecule has 0 unspecified atom stereocenters. The van der Waals surface area contributed by atoms with Gasteiger partial charge in [0.2, 0.25) is 0 Å². The Balaban J connectivity index is 1.65. The molecule has 1 aromatic carbocycles. The van der Waals surface area contributed by atoms with E-state index in [1.165, 1.54) is 24.3 Å². The maximum Gasteiger partial charge on any atom is 0.269 e. The first-order valence-corrected chi connectivity index (χ1v) is 8.24. The van der Waals surface area contributed by atoms with E-state index in [1.807, 2.05) is 19.1 Å². The Morgan fingerprint density at radius 2 is 1.85 bits per heavy atom. The van der Waals surface area contributed by atoms with Gasteiger partial charge < -0.3 is 18.5 Å². The van der Waals surface area contributed by atoms with Crippen molar-refractivity contribution in [1.82, 2.24) is 4.90 Å². The Morgan fingerprint density at radius 1 is 1.11 bits per heavy atom. The number of nitro benzene ring substituents is 1. The normalized spacial score (nSPS) is 10.6. The minimum atomic E-state index is -0.495. The van der Waals surface area contributed by atoms with Crippen LogP contribution in [0.4, 0.5) is 5.69 Å². The molecule has 0 atom stereocenters. The summed E-state index contributed by atoms with van der Waals surface area (Å²) in [5.41, 5.74) is -0.0405. The first-order chi connectivity index (χ1) is 13.0. The highest BCUT2D eigenvalue weighted by Gasteiger charge is 2.18. The van der Waals surface area contributed by atoms with Crippen molar-refractivity contribution in [3.63, 3.8) is 0 Å². The van der Waals surface area contributed by atoms with Crippen LogP contribution in [0.25, 0.3) is 0 Å². The Hall–Kier alpha value is -3.55. The molecule has 8 heteroatoms. The summed E-state index contributed by atoms with van der Waals surface area (Å²) in [7, 11) is 0. The number of nitro groups is 1. The number of carbonyl (C=O) groups excluding carboxylic acids is 1. The largest absolute Gasteiger partial charge is 0.484 e. The number of furan rings is 2. The number of benzene rings is 1. The van der Waals surface area contributed by atoms with Gasteiger partial charge in [0.25, 0.3) is 11.6 Å². The Bertz CT molecular complexity index is 899. The fourth-order valence-electron chi connectivity index (χ4n) is 2.48. The maximum absolute atomic E-state index is 12.6. The highest BCUT2D eigenvalue weighted by molar-refractivity contribution is 5.77. The fraction of sp³-hybridized carbons (Fsp3) is 0.211. The molecule has 0 spiro atoms. The number of amides is 1. The second-order valence-corrected chi connectivity index (χ2v) is 5.88. The lowest BCUT2D eigenvalue weighted by atomic mass is 10.3. The van der Waals surface area contributed by atoms with Gasteiger partial charge in [0, 0.05) is 12.1 Å². The van der Waals surface area contributed by atoms with Gasteiger partial charge in [-0.3, -0.25) is 14.9 Å². The predicted octanol–water partition coefficient (Wildman–Crippen LogP) is 3.70. The zero-order valence-electron chi connectivity index (χ0n) is 14.7. The molecule has 0 aliphatic rings. The van der Waals surface area contributed by atoms with E-state index in [9.17, 15) is 14.9 Å². The van der Waals surface area contributed by atoms with Crippen LogP contribution in [0.1, 0.15) is 17.3 Å². The van der Waals surface area contributed by atoms with E-state index in [4.69, 9.17) is 13.6 Å². The molecule has 0 aliphatic heterocycles. The Morgan fingerprint density at radius 3 is 2.44 bits per heavy atom. The van der Waals surface area contributed by atoms with E-state index in [2.05, 4.69) is 0 Å². The first kappa shape index (κ1) is 18.2. The molecule has 0 aliphatic carbocycles. The van der Waals surface area contributed by atoms with E-state index in [-0.39, 0.29) is 31.3 Å². The standard InChI is InChI=1S/C19H18N2O6/c1-14-4-7-18(27-14)12-20(11-17-3-2-10-25-17)19(22)13-26-16-8-5-15(6-9-16)21(23)24/h2-10H,11-13H2,1H3. The van der Waals surface area contributed by atoms with Crippen molar-refractivity contribution in [3.8, 4) is 5.75 Å². The van der Waals surface area contributed by atoms with Crippen LogP contribution < -0.4 is 4.74 Å². The SMILES string of the molecule is Cc1ccc(CN(Cc2ccco2)C(=O)COc2ccc([N+](=O)[O-])cc2)o1. The quantitative estimate of drug-likeness (QED) is 0.443. The lowest BCUT2D eigenvalue weighted by molar-refractivity contribution is -0.384. The maximum atomic E-state index is 12.6. The van der Waals surface area contributed by atoms with E-state index in [1.54, 1.807) is 23.3 Å². The summed E-state index contributed by atoms with van der Waals surface area (Å²) in [6, 6.07) is 12.7. The van der Waals surface area contributed by atoms with Crippen molar-refractivity contribution < 1.29 is 23.3 Å². The van der Waals surface area contributed by atoms with Gasteiger partial charge >= 0.3 is 0 Å². The van der Waals surface area contributed by atoms with Crippen LogP contribution in [0.2, 0.25) is 0 Å². The van der Waals surface area contributed by atoms with Crippen molar-refractivity contribution in [3.05, 3.63) is 82.2 Å². The molecule has 27 heavy (non-hydrogen) atoms. The van der Waals surface area contributed by atoms with Crippen LogP contribution in [-0.4, -0.2) is 22.3 Å². The second kappa shape index (κ2) is 8.22. The molecule has 0 radical (unpaired) electrons. The Kier molecular flexibility index (Phi) is 5.55. The lowest BCUT2D eigenvalue weighted by Crippen LogP contribution is -2.33.